The molecule has 0 saturated carbocycles. The molecule has 6 aromatic carbocycles. The smallest absolute Gasteiger partial charge is 0.338 e. The molecule has 0 spiro atoms. The van der Waals surface area contributed by atoms with Crippen molar-refractivity contribution in [2.45, 2.75) is 125 Å². The lowest BCUT2D eigenvalue weighted by Gasteiger charge is -2.28. The minimum absolute atomic E-state index is 0.156. The van der Waals surface area contributed by atoms with Crippen molar-refractivity contribution in [1.29, 1.82) is 0 Å². The highest BCUT2D eigenvalue weighted by Gasteiger charge is 2.31. The van der Waals surface area contributed by atoms with Gasteiger partial charge in [-0.3, -0.25) is 0 Å². The number of benzene rings is 6. The number of esters is 2. The number of ether oxygens (including phenoxy) is 2. The van der Waals surface area contributed by atoms with E-state index in [9.17, 15) is 24.2 Å². The lowest BCUT2D eigenvalue weighted by atomic mass is 9.78. The second-order valence-electron chi connectivity index (χ2n) is 25.6. The Morgan fingerprint density at radius 3 is 1.56 bits per heavy atom. The quantitative estimate of drug-likeness (QED) is 0.0734. The summed E-state index contributed by atoms with van der Waals surface area (Å²) in [5, 5.41) is 23.6. The number of carbonyl (C=O) groups is 2. The van der Waals surface area contributed by atoms with Gasteiger partial charge in [-0.2, -0.15) is 0 Å². The van der Waals surface area contributed by atoms with Crippen molar-refractivity contribution in [2.24, 2.45) is 0 Å². The molecule has 1 aliphatic rings. The van der Waals surface area contributed by atoms with Crippen molar-refractivity contribution in [3.63, 3.8) is 0 Å². The molecule has 1 heterocycles. The van der Waals surface area contributed by atoms with E-state index in [2.05, 4.69) is 125 Å². The predicted molar refractivity (Wildman–Crippen MR) is 334 cm³/mol. The molecule has 0 aliphatic heterocycles. The molecule has 10 heteroatoms. The number of para-hydroxylation sites is 1. The number of nitrogens with zero attached hydrogens (tertiary/aromatic N) is 3. The van der Waals surface area contributed by atoms with Gasteiger partial charge < -0.3 is 29.2 Å². The Bertz CT molecular complexity index is 3520. The summed E-state index contributed by atoms with van der Waals surface area (Å²) in [5.74, 6) is -0.751. The van der Waals surface area contributed by atoms with E-state index in [0.717, 1.165) is 61.4 Å². The Kier molecular flexibility index (Phi) is 17.8. The van der Waals surface area contributed by atoms with Crippen molar-refractivity contribution >= 4 is 39.8 Å². The number of hydrogen-bond donors (Lipinski definition) is 2. The molecular weight excluding hydrogens is 1020 g/mol. The zero-order valence-corrected chi connectivity index (χ0v) is 50.6. The average molecular weight is 1110 g/mol. The van der Waals surface area contributed by atoms with Crippen molar-refractivity contribution < 1.29 is 38.2 Å². The maximum atomic E-state index is 14.9. The van der Waals surface area contributed by atoms with Gasteiger partial charge in [0.1, 0.15) is 30.5 Å². The van der Waals surface area contributed by atoms with Crippen molar-refractivity contribution in [3.8, 4) is 22.8 Å². The number of halogens is 1. The molecule has 0 fully saturated rings. The Hall–Kier alpha value is -7.98. The number of hydrogen-bond acceptors (Lipinski definition) is 7. The third-order valence-corrected chi connectivity index (χ3v) is 15.4. The van der Waals surface area contributed by atoms with Gasteiger partial charge in [-0.05, 0) is 142 Å². The molecule has 1 aromatic heterocycles. The van der Waals surface area contributed by atoms with Gasteiger partial charge in [-0.25, -0.2) is 18.6 Å². The number of phenolic OH excluding ortho intramolecular Hbond substituents is 2. The summed E-state index contributed by atoms with van der Waals surface area (Å²) in [6, 6.07) is 41.2. The lowest BCUT2D eigenvalue weighted by molar-refractivity contribution is -0.524. The zero-order valence-electron chi connectivity index (χ0n) is 50.6. The fourth-order valence-electron chi connectivity index (χ4n) is 10.9. The minimum Gasteiger partial charge on any atom is -0.507 e. The topological polar surface area (TPSA) is 104 Å². The molecular formula is C72H83FN3O6+. The number of aromatic hydroxyl groups is 2. The summed E-state index contributed by atoms with van der Waals surface area (Å²) in [4.78, 5) is 29.7. The van der Waals surface area contributed by atoms with Crippen LogP contribution in [0.25, 0.3) is 27.7 Å². The van der Waals surface area contributed by atoms with Crippen molar-refractivity contribution in [2.75, 3.05) is 44.3 Å². The number of aromatic nitrogens is 1. The number of anilines is 1. The van der Waals surface area contributed by atoms with Gasteiger partial charge in [0, 0.05) is 69.6 Å². The molecule has 8 rings (SSSR count). The van der Waals surface area contributed by atoms with Gasteiger partial charge >= 0.3 is 11.9 Å². The Morgan fingerprint density at radius 2 is 1.07 bits per heavy atom. The van der Waals surface area contributed by atoms with Gasteiger partial charge in [0.25, 0.3) is 0 Å². The molecule has 0 amide bonds. The van der Waals surface area contributed by atoms with Gasteiger partial charge in [0.2, 0.25) is 0 Å². The highest BCUT2D eigenvalue weighted by atomic mass is 19.1. The van der Waals surface area contributed by atoms with Crippen LogP contribution in [-0.4, -0.2) is 76.4 Å². The molecule has 7 aromatic rings. The Morgan fingerprint density at radius 1 is 0.585 bits per heavy atom. The standard InChI is InChI=1S/C72H82FN3O6/c1-15-74(38-40-81-67(79)51-42-57(69(3,4)5)65(77)58(43-51)70(6,7)8)54-34-28-48(29-35-54)62(63-56-24-20-21-25-61(56)76(46-47-22-18-17-19-23-47)64(63)50-26-32-53(73)33-27-50)49-30-36-55(37-31-49)75(16-2)39-41-82-68(80)52-44-59(71(9,10)11)66(78)60(45-52)72(12,13)14/h17-37,42-45H,15-16,38-41,46H2,1-14H3,(H-,77,78,79,80)/p+1. The monoisotopic (exact) mass is 1100 g/mol. The van der Waals surface area contributed by atoms with Crippen LogP contribution in [0.3, 0.4) is 0 Å². The van der Waals surface area contributed by atoms with E-state index < -0.39 is 33.6 Å². The second kappa shape index (κ2) is 24.2. The first-order valence-electron chi connectivity index (χ1n) is 28.8. The highest BCUT2D eigenvalue weighted by Crippen LogP contribution is 2.45. The van der Waals surface area contributed by atoms with Crippen LogP contribution in [0.4, 0.5) is 10.1 Å². The Balaban J connectivity index is 1.16. The molecule has 0 saturated heterocycles. The normalized spacial score (nSPS) is 13.0. The maximum absolute atomic E-state index is 14.9. The van der Waals surface area contributed by atoms with E-state index in [-0.39, 0.29) is 30.5 Å². The first kappa shape index (κ1) is 60.1. The summed E-state index contributed by atoms with van der Waals surface area (Å²) in [5.41, 5.74) is 12.0. The van der Waals surface area contributed by atoms with E-state index in [1.165, 1.54) is 12.1 Å². The molecule has 0 bridgehead atoms. The van der Waals surface area contributed by atoms with Crippen LogP contribution in [0.15, 0.2) is 157 Å². The van der Waals surface area contributed by atoms with Crippen LogP contribution in [-0.2, 0) is 37.7 Å². The summed E-state index contributed by atoms with van der Waals surface area (Å²) in [6.45, 7) is 31.6. The number of carbonyl (C=O) groups excluding carboxylic acids is 2. The minimum atomic E-state index is -0.434. The van der Waals surface area contributed by atoms with Crippen LogP contribution in [0.1, 0.15) is 157 Å². The molecule has 428 valence electrons. The van der Waals surface area contributed by atoms with Crippen molar-refractivity contribution in [3.05, 3.63) is 213 Å². The summed E-state index contributed by atoms with van der Waals surface area (Å²) < 4.78 is 31.3. The first-order valence-corrected chi connectivity index (χ1v) is 28.8. The Labute approximate surface area is 485 Å². The number of likely N-dealkylation sites (N-methyl/N-ethyl adjacent to an activating group) is 2. The van der Waals surface area contributed by atoms with E-state index in [4.69, 9.17) is 9.47 Å². The van der Waals surface area contributed by atoms with Crippen LogP contribution < -0.4 is 4.90 Å². The van der Waals surface area contributed by atoms with Gasteiger partial charge in [0.15, 0.2) is 18.9 Å². The summed E-state index contributed by atoms with van der Waals surface area (Å²) in [7, 11) is 0. The highest BCUT2D eigenvalue weighted by molar-refractivity contribution is 6.09. The molecule has 2 N–H and O–H groups in total. The van der Waals surface area contributed by atoms with Gasteiger partial charge in [-0.1, -0.05) is 144 Å². The second-order valence-corrected chi connectivity index (χ2v) is 25.6. The molecule has 9 nitrogen and oxygen atoms in total. The molecule has 82 heavy (non-hydrogen) atoms. The van der Waals surface area contributed by atoms with E-state index in [0.29, 0.717) is 66.1 Å². The van der Waals surface area contributed by atoms with Crippen LogP contribution in [0.5, 0.6) is 11.5 Å². The number of allylic oxidation sites excluding steroid dienone is 5. The van der Waals surface area contributed by atoms with Crippen LogP contribution in [0.2, 0.25) is 0 Å². The van der Waals surface area contributed by atoms with E-state index >= 15 is 0 Å². The lowest BCUT2D eigenvalue weighted by Crippen LogP contribution is -2.28. The van der Waals surface area contributed by atoms with Crippen LogP contribution in [0, 0.1) is 5.82 Å². The van der Waals surface area contributed by atoms with E-state index in [1.807, 2.05) is 101 Å². The summed E-state index contributed by atoms with van der Waals surface area (Å²) >= 11 is 0. The number of fused-ring (bicyclic) bond motifs is 1. The molecule has 0 radical (unpaired) electrons. The third kappa shape index (κ3) is 13.3. The maximum Gasteiger partial charge on any atom is 0.338 e. The van der Waals surface area contributed by atoms with Gasteiger partial charge in [-0.15, -0.1) is 0 Å². The first-order chi connectivity index (χ1) is 38.7. The van der Waals surface area contributed by atoms with E-state index in [1.54, 1.807) is 24.3 Å². The van der Waals surface area contributed by atoms with Crippen molar-refractivity contribution in [1.82, 2.24) is 4.57 Å². The van der Waals surface area contributed by atoms with Gasteiger partial charge in [0.05, 0.1) is 23.4 Å². The largest absolute Gasteiger partial charge is 0.507 e. The average Bonchev–Trinajstić information content (AvgIpc) is 3.13. The predicted octanol–water partition coefficient (Wildman–Crippen LogP) is 16.0. The zero-order chi connectivity index (χ0) is 59.5. The summed E-state index contributed by atoms with van der Waals surface area (Å²) in [6.07, 6.45) is 8.54. The SMILES string of the molecule is CCN(CCOC(=O)c1cc(C(C)(C)C)c(O)c(C(C)(C)C)c1)c1ccc(C(=C2C=CC(=[N+](CC)CCOC(=O)c3cc(C(C)(C)C)c(O)c(C(C)(C)C)c3)C=C2)c2c(-c3ccc(F)cc3)n(Cc3ccccc3)c3ccccc23)cc1. The number of rotatable bonds is 16. The fourth-order valence-corrected chi connectivity index (χ4v) is 10.9. The molecule has 0 atom stereocenters. The molecule has 0 unspecified atom stereocenters. The van der Waals surface area contributed by atoms with Crippen LogP contribution >= 0.6 is 0 Å². The third-order valence-electron chi connectivity index (χ3n) is 15.4. The fraction of sp³-hybridized carbons (Fsp3) is 0.347. The molecule has 1 aliphatic carbocycles. The number of phenols is 2.